The summed E-state index contributed by atoms with van der Waals surface area (Å²) in [6.07, 6.45) is 0. The van der Waals surface area contributed by atoms with Crippen molar-refractivity contribution in [2.75, 3.05) is 24.3 Å². The van der Waals surface area contributed by atoms with Gasteiger partial charge in [0.2, 0.25) is 0 Å². The van der Waals surface area contributed by atoms with E-state index < -0.39 is 15.9 Å². The van der Waals surface area contributed by atoms with Gasteiger partial charge in [-0.15, -0.1) is 0 Å². The number of rotatable bonds is 8. The molecule has 0 unspecified atom stereocenters. The number of methoxy groups -OCH3 is 2. The van der Waals surface area contributed by atoms with Crippen LogP contribution in [0.15, 0.2) is 71.6 Å². The molecule has 0 fully saturated rings. The summed E-state index contributed by atoms with van der Waals surface area (Å²) in [6, 6.07) is 17.0. The van der Waals surface area contributed by atoms with E-state index in [4.69, 9.17) is 9.47 Å². The fourth-order valence-electron chi connectivity index (χ4n) is 2.88. The number of benzene rings is 3. The number of para-hydroxylation sites is 2. The second-order valence-electron chi connectivity index (χ2n) is 6.57. The van der Waals surface area contributed by atoms with Gasteiger partial charge in [0.1, 0.15) is 11.5 Å². The average Bonchev–Trinajstić information content (AvgIpc) is 2.75. The molecule has 1 amide bonds. The highest BCUT2D eigenvalue weighted by atomic mass is 32.2. The van der Waals surface area contributed by atoms with Gasteiger partial charge >= 0.3 is 0 Å². The van der Waals surface area contributed by atoms with E-state index in [0.29, 0.717) is 17.9 Å². The van der Waals surface area contributed by atoms with Gasteiger partial charge in [-0.2, -0.15) is 0 Å². The van der Waals surface area contributed by atoms with Gasteiger partial charge in [-0.1, -0.05) is 24.3 Å². The number of hydrogen-bond donors (Lipinski definition) is 3. The third-order valence-electron chi connectivity index (χ3n) is 4.38. The number of anilines is 2. The minimum absolute atomic E-state index is 0.0370. The number of phenolic OH excluding ortho intramolecular Hbond substituents is 1. The van der Waals surface area contributed by atoms with Crippen LogP contribution in [-0.4, -0.2) is 33.7 Å². The van der Waals surface area contributed by atoms with Crippen LogP contribution in [0.5, 0.6) is 11.5 Å². The van der Waals surface area contributed by atoms with Gasteiger partial charge in [0.15, 0.2) is 0 Å². The van der Waals surface area contributed by atoms with E-state index in [9.17, 15) is 18.3 Å². The van der Waals surface area contributed by atoms with Gasteiger partial charge in [0, 0.05) is 12.7 Å². The number of amides is 1. The van der Waals surface area contributed by atoms with Crippen molar-refractivity contribution in [3.63, 3.8) is 0 Å². The summed E-state index contributed by atoms with van der Waals surface area (Å²) in [5.41, 5.74) is 1.37. The minimum atomic E-state index is -4.01. The number of hydrogen-bond acceptors (Lipinski definition) is 6. The van der Waals surface area contributed by atoms with Crippen molar-refractivity contribution in [1.29, 1.82) is 0 Å². The Morgan fingerprint density at radius 1 is 0.968 bits per heavy atom. The van der Waals surface area contributed by atoms with Crippen molar-refractivity contribution in [3.05, 3.63) is 77.9 Å². The highest BCUT2D eigenvalue weighted by molar-refractivity contribution is 7.92. The second-order valence-corrected chi connectivity index (χ2v) is 8.25. The molecule has 0 aromatic heterocycles. The number of ether oxygens (including phenoxy) is 2. The van der Waals surface area contributed by atoms with E-state index in [1.807, 2.05) is 6.07 Å². The fourth-order valence-corrected chi connectivity index (χ4v) is 3.97. The van der Waals surface area contributed by atoms with E-state index in [1.165, 1.54) is 25.3 Å². The molecule has 3 N–H and O–H groups in total. The lowest BCUT2D eigenvalue weighted by Gasteiger charge is -2.13. The first-order chi connectivity index (χ1) is 14.8. The molecule has 0 aliphatic carbocycles. The fraction of sp³-hybridized carbons (Fsp3) is 0.136. The molecule has 0 spiro atoms. The lowest BCUT2D eigenvalue weighted by atomic mass is 10.1. The van der Waals surface area contributed by atoms with Crippen LogP contribution >= 0.6 is 0 Å². The molecule has 3 rings (SSSR count). The lowest BCUT2D eigenvalue weighted by Crippen LogP contribution is -2.15. The van der Waals surface area contributed by atoms with E-state index >= 15 is 0 Å². The Balaban J connectivity index is 1.86. The smallest absolute Gasteiger partial charge is 0.262 e. The number of carbonyl (C=O) groups is 1. The molecule has 0 aliphatic heterocycles. The summed E-state index contributed by atoms with van der Waals surface area (Å²) < 4.78 is 38.3. The Kier molecular flexibility index (Phi) is 6.78. The summed E-state index contributed by atoms with van der Waals surface area (Å²) in [6.45, 7) is 0.342. The third-order valence-corrected chi connectivity index (χ3v) is 5.74. The summed E-state index contributed by atoms with van der Waals surface area (Å²) in [7, 11) is -1.02. The largest absolute Gasteiger partial charge is 0.506 e. The molecule has 0 aliphatic rings. The molecule has 31 heavy (non-hydrogen) atoms. The van der Waals surface area contributed by atoms with Crippen LogP contribution in [0.2, 0.25) is 0 Å². The number of carbonyl (C=O) groups excluding carboxylic acids is 1. The molecule has 0 radical (unpaired) electrons. The van der Waals surface area contributed by atoms with Crippen LogP contribution in [0.3, 0.4) is 0 Å². The first kappa shape index (κ1) is 22.1. The SMILES string of the molecule is COCc1cccc(C(=O)Nc2cc(S(=O)(=O)Nc3ccccc3OC)ccc2O)c1. The van der Waals surface area contributed by atoms with Crippen LogP contribution in [0.25, 0.3) is 0 Å². The van der Waals surface area contributed by atoms with Crippen molar-refractivity contribution in [3.8, 4) is 11.5 Å². The van der Waals surface area contributed by atoms with E-state index in [0.717, 1.165) is 5.56 Å². The quantitative estimate of drug-likeness (QED) is 0.459. The summed E-state index contributed by atoms with van der Waals surface area (Å²) in [4.78, 5) is 12.5. The Hall–Kier alpha value is -3.56. The maximum absolute atomic E-state index is 12.8. The van der Waals surface area contributed by atoms with Crippen molar-refractivity contribution in [2.45, 2.75) is 11.5 Å². The monoisotopic (exact) mass is 442 g/mol. The van der Waals surface area contributed by atoms with Crippen LogP contribution in [-0.2, 0) is 21.4 Å². The van der Waals surface area contributed by atoms with Crippen molar-refractivity contribution in [1.82, 2.24) is 0 Å². The minimum Gasteiger partial charge on any atom is -0.506 e. The highest BCUT2D eigenvalue weighted by Gasteiger charge is 2.19. The summed E-state index contributed by atoms with van der Waals surface area (Å²) >= 11 is 0. The highest BCUT2D eigenvalue weighted by Crippen LogP contribution is 2.30. The molecule has 0 saturated carbocycles. The number of sulfonamides is 1. The van der Waals surface area contributed by atoms with Gasteiger partial charge in [0.25, 0.3) is 15.9 Å². The molecular weight excluding hydrogens is 420 g/mol. The van der Waals surface area contributed by atoms with Crippen molar-refractivity contribution >= 4 is 27.3 Å². The summed E-state index contributed by atoms with van der Waals surface area (Å²) in [5, 5.41) is 12.7. The molecule has 0 saturated heterocycles. The van der Waals surface area contributed by atoms with Crippen LogP contribution < -0.4 is 14.8 Å². The van der Waals surface area contributed by atoms with Crippen LogP contribution in [0, 0.1) is 0 Å². The van der Waals surface area contributed by atoms with E-state index in [2.05, 4.69) is 10.0 Å². The molecule has 3 aromatic rings. The van der Waals surface area contributed by atoms with Gasteiger partial charge in [-0.25, -0.2) is 8.42 Å². The molecule has 0 atom stereocenters. The van der Waals surface area contributed by atoms with E-state index in [-0.39, 0.29) is 22.0 Å². The number of aromatic hydroxyl groups is 1. The molecule has 0 heterocycles. The zero-order valence-corrected chi connectivity index (χ0v) is 17.8. The third kappa shape index (κ3) is 5.33. The summed E-state index contributed by atoms with van der Waals surface area (Å²) in [5.74, 6) is -0.410. The maximum Gasteiger partial charge on any atom is 0.262 e. The zero-order chi connectivity index (χ0) is 22.4. The molecule has 162 valence electrons. The zero-order valence-electron chi connectivity index (χ0n) is 17.0. The number of nitrogens with one attached hydrogen (secondary N) is 2. The first-order valence-corrected chi connectivity index (χ1v) is 10.7. The normalized spacial score (nSPS) is 11.0. The topological polar surface area (TPSA) is 114 Å². The molecule has 3 aromatic carbocycles. The Bertz CT molecular complexity index is 1190. The average molecular weight is 442 g/mol. The second kappa shape index (κ2) is 9.50. The van der Waals surface area contributed by atoms with Crippen molar-refractivity contribution < 1.29 is 27.8 Å². The first-order valence-electron chi connectivity index (χ1n) is 9.22. The Morgan fingerprint density at radius 2 is 1.74 bits per heavy atom. The van der Waals surface area contributed by atoms with E-state index in [1.54, 1.807) is 49.6 Å². The lowest BCUT2D eigenvalue weighted by molar-refractivity contribution is 0.102. The predicted octanol–water partition coefficient (Wildman–Crippen LogP) is 3.60. The molecule has 9 heteroatoms. The predicted molar refractivity (Wildman–Crippen MR) is 117 cm³/mol. The van der Waals surface area contributed by atoms with Gasteiger partial charge in [-0.05, 0) is 48.0 Å². The Labute approximate surface area is 180 Å². The van der Waals surface area contributed by atoms with Crippen LogP contribution in [0.4, 0.5) is 11.4 Å². The maximum atomic E-state index is 12.8. The van der Waals surface area contributed by atoms with Gasteiger partial charge in [-0.3, -0.25) is 9.52 Å². The Morgan fingerprint density at radius 3 is 2.48 bits per heavy atom. The molecular formula is C22H22N2O6S. The van der Waals surface area contributed by atoms with Crippen LogP contribution in [0.1, 0.15) is 15.9 Å². The van der Waals surface area contributed by atoms with Gasteiger partial charge in [0.05, 0.1) is 30.0 Å². The standard InChI is InChI=1S/C22H22N2O6S/c1-29-14-15-6-5-7-16(12-15)22(26)23-19-13-17(10-11-20(19)25)31(27,28)24-18-8-3-4-9-21(18)30-2/h3-13,24-25H,14H2,1-2H3,(H,23,26). The number of phenols is 1. The van der Waals surface area contributed by atoms with Gasteiger partial charge < -0.3 is 19.9 Å². The molecule has 0 bridgehead atoms. The molecule has 8 nitrogen and oxygen atoms in total. The van der Waals surface area contributed by atoms with Crippen molar-refractivity contribution in [2.24, 2.45) is 0 Å².